The van der Waals surface area contributed by atoms with Crippen molar-refractivity contribution < 1.29 is 19.0 Å². The van der Waals surface area contributed by atoms with Gasteiger partial charge in [0.2, 0.25) is 0 Å². The van der Waals surface area contributed by atoms with Crippen LogP contribution >= 0.6 is 22.6 Å². The predicted molar refractivity (Wildman–Crippen MR) is 173 cm³/mol. The molecule has 3 rings (SSSR count). The Balaban J connectivity index is 1.90. The molecule has 39 heavy (non-hydrogen) atoms. The van der Waals surface area contributed by atoms with Gasteiger partial charge < -0.3 is 19.1 Å². The molecule has 11 heteroatoms. The molecule has 0 aromatic carbocycles. The van der Waals surface area contributed by atoms with Crippen LogP contribution in [0.15, 0.2) is 18.3 Å². The summed E-state index contributed by atoms with van der Waals surface area (Å²) in [7, 11) is -2.39. The number of anilines is 1. The first-order valence-corrected chi connectivity index (χ1v) is 22.5. The summed E-state index contributed by atoms with van der Waals surface area (Å²) < 4.78 is 20.6. The van der Waals surface area contributed by atoms with E-state index in [1.165, 1.54) is 0 Å². The first kappa shape index (κ1) is 32.2. The number of hydrogen-bond acceptors (Lipinski definition) is 7. The predicted octanol–water partition coefficient (Wildman–Crippen LogP) is 6.90. The molecule has 0 spiro atoms. The summed E-state index contributed by atoms with van der Waals surface area (Å²) >= 11 is 2.29. The van der Waals surface area contributed by atoms with Gasteiger partial charge in [-0.1, -0.05) is 45.4 Å². The summed E-state index contributed by atoms with van der Waals surface area (Å²) in [6.45, 7) is 20.8. The number of carbonyl (C=O) groups is 1. The topological polar surface area (TPSA) is 78.2 Å². The Morgan fingerprint density at radius 1 is 1.10 bits per heavy atom. The molecule has 1 aliphatic rings. The maximum absolute atomic E-state index is 12.6. The quantitative estimate of drug-likeness (QED) is 0.0704. The van der Waals surface area contributed by atoms with Gasteiger partial charge in [0.25, 0.3) is 0 Å². The van der Waals surface area contributed by atoms with Crippen molar-refractivity contribution in [3.8, 4) is 0 Å². The van der Waals surface area contributed by atoms with Crippen LogP contribution in [0.2, 0.25) is 51.4 Å². The average Bonchev–Trinajstić information content (AvgIpc) is 3.22. The minimum absolute atomic E-state index is 0.119. The number of halogens is 1. The number of carbonyl (C=O) groups excluding carboxylic acids is 1. The lowest BCUT2D eigenvalue weighted by Crippen LogP contribution is -2.33. The van der Waals surface area contributed by atoms with Gasteiger partial charge in [-0.3, -0.25) is 4.79 Å². The number of allylic oxidation sites excluding steroid dienone is 2. The molecule has 0 aliphatic heterocycles. The Morgan fingerprint density at radius 3 is 2.23 bits per heavy atom. The lowest BCUT2D eigenvalue weighted by atomic mass is 9.76. The van der Waals surface area contributed by atoms with E-state index in [1.54, 1.807) is 0 Å². The molecule has 1 unspecified atom stereocenters. The third-order valence-electron chi connectivity index (χ3n) is 7.06. The summed E-state index contributed by atoms with van der Waals surface area (Å²) in [4.78, 5) is 19.7. The number of aromatic nitrogens is 3. The number of ether oxygens (including phenoxy) is 3. The molecule has 0 bridgehead atoms. The van der Waals surface area contributed by atoms with Crippen molar-refractivity contribution in [2.75, 3.05) is 38.2 Å². The zero-order valence-electron chi connectivity index (χ0n) is 25.1. The van der Waals surface area contributed by atoms with Crippen molar-refractivity contribution >= 4 is 61.7 Å². The van der Waals surface area contributed by atoms with E-state index in [-0.39, 0.29) is 5.97 Å². The summed E-state index contributed by atoms with van der Waals surface area (Å²) in [5.74, 6) is 0.783. The van der Waals surface area contributed by atoms with E-state index in [1.807, 2.05) is 24.6 Å². The van der Waals surface area contributed by atoms with Gasteiger partial charge >= 0.3 is 5.97 Å². The van der Waals surface area contributed by atoms with Crippen molar-refractivity contribution in [3.05, 3.63) is 27.6 Å². The van der Waals surface area contributed by atoms with Crippen LogP contribution in [0, 0.1) is 8.99 Å². The highest BCUT2D eigenvalue weighted by Crippen LogP contribution is 2.40. The molecular weight excluding hydrogens is 639 g/mol. The lowest BCUT2D eigenvalue weighted by Gasteiger charge is -2.31. The van der Waals surface area contributed by atoms with E-state index in [0.717, 1.165) is 64.4 Å². The third kappa shape index (κ3) is 9.37. The first-order valence-electron chi connectivity index (χ1n) is 14.0. The van der Waals surface area contributed by atoms with Crippen LogP contribution in [0.4, 0.5) is 5.82 Å². The SMILES string of the molecule is CCOC(=O)C1(C)CC=C(c2cc(N(COCC[Si](C)(C)C)COCC[Si](C)(C)C)n3ncc(I)c3n2)CC1. The highest BCUT2D eigenvalue weighted by molar-refractivity contribution is 14.1. The molecule has 218 valence electrons. The fraction of sp³-hybridized carbons (Fsp3) is 0.679. The van der Waals surface area contributed by atoms with Crippen LogP contribution in [-0.4, -0.2) is 70.0 Å². The van der Waals surface area contributed by atoms with Crippen molar-refractivity contribution in [2.24, 2.45) is 5.41 Å². The molecule has 0 N–H and O–H groups in total. The van der Waals surface area contributed by atoms with E-state index in [0.29, 0.717) is 26.5 Å². The average molecular weight is 687 g/mol. The van der Waals surface area contributed by atoms with Crippen molar-refractivity contribution in [3.63, 3.8) is 0 Å². The molecule has 8 nitrogen and oxygen atoms in total. The van der Waals surface area contributed by atoms with Gasteiger partial charge in [0.05, 0.1) is 27.5 Å². The van der Waals surface area contributed by atoms with E-state index in [9.17, 15) is 4.79 Å². The normalized spacial score (nSPS) is 18.3. The maximum atomic E-state index is 12.6. The number of fused-ring (bicyclic) bond motifs is 1. The van der Waals surface area contributed by atoms with E-state index < -0.39 is 21.6 Å². The molecule has 1 aliphatic carbocycles. The molecular formula is C28H47IN4O4Si2. The van der Waals surface area contributed by atoms with E-state index in [4.69, 9.17) is 19.2 Å². The summed E-state index contributed by atoms with van der Waals surface area (Å²) in [5, 5.41) is 4.65. The number of esters is 1. The Morgan fingerprint density at radius 2 is 1.72 bits per heavy atom. The van der Waals surface area contributed by atoms with Gasteiger partial charge in [0, 0.05) is 35.4 Å². The minimum atomic E-state index is -1.20. The molecule has 0 fully saturated rings. The molecule has 0 radical (unpaired) electrons. The molecule has 0 amide bonds. The molecule has 2 aromatic heterocycles. The summed E-state index contributed by atoms with van der Waals surface area (Å²) in [6, 6.07) is 4.32. The number of hydrogen-bond donors (Lipinski definition) is 0. The maximum Gasteiger partial charge on any atom is 0.312 e. The van der Waals surface area contributed by atoms with Crippen LogP contribution < -0.4 is 4.90 Å². The zero-order valence-corrected chi connectivity index (χ0v) is 29.3. The van der Waals surface area contributed by atoms with E-state index in [2.05, 4.69) is 84.0 Å². The van der Waals surface area contributed by atoms with Gasteiger partial charge in [0.1, 0.15) is 19.3 Å². The van der Waals surface area contributed by atoms with Crippen LogP contribution in [-0.2, 0) is 19.0 Å². The van der Waals surface area contributed by atoms with Gasteiger partial charge in [-0.25, -0.2) is 4.98 Å². The van der Waals surface area contributed by atoms with Crippen LogP contribution in [0.5, 0.6) is 0 Å². The summed E-state index contributed by atoms with van der Waals surface area (Å²) in [6.07, 6.45) is 6.15. The van der Waals surface area contributed by atoms with Gasteiger partial charge in [-0.05, 0) is 73.4 Å². The largest absolute Gasteiger partial charge is 0.466 e. The van der Waals surface area contributed by atoms with Crippen LogP contribution in [0.1, 0.15) is 38.8 Å². The first-order chi connectivity index (χ1) is 18.2. The second-order valence-electron chi connectivity index (χ2n) is 13.2. The Labute approximate surface area is 250 Å². The smallest absolute Gasteiger partial charge is 0.312 e. The summed E-state index contributed by atoms with van der Waals surface area (Å²) in [5.41, 5.74) is 2.39. The molecule has 1 atom stereocenters. The van der Waals surface area contributed by atoms with Crippen molar-refractivity contribution in [1.29, 1.82) is 0 Å². The van der Waals surface area contributed by atoms with Crippen molar-refractivity contribution in [1.82, 2.24) is 14.6 Å². The fourth-order valence-corrected chi connectivity index (χ4v) is 6.26. The minimum Gasteiger partial charge on any atom is -0.466 e. The molecule has 2 heterocycles. The second kappa shape index (κ2) is 13.6. The highest BCUT2D eigenvalue weighted by Gasteiger charge is 2.36. The fourth-order valence-electron chi connectivity index (χ4n) is 4.27. The Hall–Kier alpha value is -1.29. The standard InChI is InChI=1S/C28H47IN4O4Si2/c1-9-37-27(34)28(2)12-10-22(11-13-28)24-18-25(33-26(31-24)23(29)19-30-33)32(20-35-14-16-38(3,4)5)21-36-15-17-39(6,7)8/h10,18-19H,9,11-17,20-21H2,1-8H3. The monoisotopic (exact) mass is 686 g/mol. The molecule has 0 saturated carbocycles. The third-order valence-corrected chi connectivity index (χ3v) is 11.2. The Bertz CT molecular complexity index is 1140. The van der Waals surface area contributed by atoms with Crippen molar-refractivity contribution in [2.45, 2.75) is 84.5 Å². The van der Waals surface area contributed by atoms with Gasteiger partial charge in [-0.15, -0.1) is 0 Å². The van der Waals surface area contributed by atoms with E-state index >= 15 is 0 Å². The second-order valence-corrected chi connectivity index (χ2v) is 25.6. The number of rotatable bonds is 14. The van der Waals surface area contributed by atoms with Gasteiger partial charge in [-0.2, -0.15) is 9.61 Å². The van der Waals surface area contributed by atoms with Crippen LogP contribution in [0.3, 0.4) is 0 Å². The van der Waals surface area contributed by atoms with Gasteiger partial charge in [0.15, 0.2) is 5.65 Å². The number of nitrogens with zero attached hydrogens (tertiary/aromatic N) is 4. The Kier molecular flexibility index (Phi) is 11.2. The molecule has 0 saturated heterocycles. The molecule has 2 aromatic rings. The highest BCUT2D eigenvalue weighted by atomic mass is 127. The lowest BCUT2D eigenvalue weighted by molar-refractivity contribution is -0.154. The zero-order chi connectivity index (χ0) is 28.8. The van der Waals surface area contributed by atoms with Crippen LogP contribution in [0.25, 0.3) is 11.2 Å².